The Morgan fingerprint density at radius 2 is 2.15 bits per heavy atom. The van der Waals surface area contributed by atoms with E-state index < -0.39 is 24.0 Å². The summed E-state index contributed by atoms with van der Waals surface area (Å²) in [6.45, 7) is 4.42. The maximum atomic E-state index is 14.9. The highest BCUT2D eigenvalue weighted by Crippen LogP contribution is 2.30. The van der Waals surface area contributed by atoms with Crippen molar-refractivity contribution in [2.75, 3.05) is 10.6 Å². The Labute approximate surface area is 198 Å². The summed E-state index contributed by atoms with van der Waals surface area (Å²) in [5.41, 5.74) is 1.68. The second-order valence-electron chi connectivity index (χ2n) is 7.56. The molecule has 4 N–H and O–H groups in total. The average Bonchev–Trinajstić information content (AvgIpc) is 3.48. The van der Waals surface area contributed by atoms with Crippen LogP contribution >= 0.6 is 11.3 Å². The number of thiophene rings is 1. The van der Waals surface area contributed by atoms with Crippen LogP contribution in [0.4, 0.5) is 26.5 Å². The van der Waals surface area contributed by atoms with Gasteiger partial charge in [-0.15, -0.1) is 11.3 Å². The zero-order valence-electron chi connectivity index (χ0n) is 18.4. The van der Waals surface area contributed by atoms with Gasteiger partial charge in [-0.2, -0.15) is 10.4 Å². The summed E-state index contributed by atoms with van der Waals surface area (Å²) in [7, 11) is 0. The Bertz CT molecular complexity index is 1360. The van der Waals surface area contributed by atoms with E-state index in [9.17, 15) is 14.4 Å². The number of rotatable bonds is 8. The van der Waals surface area contributed by atoms with Crippen LogP contribution in [0.25, 0.3) is 10.9 Å². The molecule has 0 spiro atoms. The van der Waals surface area contributed by atoms with Gasteiger partial charge in [0.2, 0.25) is 0 Å². The lowest BCUT2D eigenvalue weighted by Gasteiger charge is -2.25. The molecule has 0 aliphatic rings. The van der Waals surface area contributed by atoms with Crippen LogP contribution in [0.2, 0.25) is 0 Å². The summed E-state index contributed by atoms with van der Waals surface area (Å²) in [4.78, 5) is 16.3. The van der Waals surface area contributed by atoms with E-state index in [1.165, 1.54) is 11.3 Å². The first-order valence-electron chi connectivity index (χ1n) is 10.5. The smallest absolute Gasteiger partial charge is 0.404 e. The first-order valence-corrected chi connectivity index (χ1v) is 11.4. The van der Waals surface area contributed by atoms with Gasteiger partial charge in [0.25, 0.3) is 0 Å². The molecule has 1 amide bonds. The number of carboxylic acid groups (broad SMARTS) is 1. The minimum Gasteiger partial charge on any atom is -0.465 e. The molecule has 0 bridgehead atoms. The topological polar surface area (TPSA) is 128 Å². The predicted molar refractivity (Wildman–Crippen MR) is 129 cm³/mol. The summed E-state index contributed by atoms with van der Waals surface area (Å²) in [6, 6.07) is 11.2. The van der Waals surface area contributed by atoms with Crippen LogP contribution < -0.4 is 16.0 Å². The maximum absolute atomic E-state index is 14.9. The highest BCUT2D eigenvalue weighted by atomic mass is 32.1. The molecule has 11 heteroatoms. The number of hydrogen-bond acceptors (Lipinski definition) is 7. The quantitative estimate of drug-likeness (QED) is 0.278. The number of fused-ring (bicyclic) bond motifs is 1. The third kappa shape index (κ3) is 4.77. The average molecular weight is 480 g/mol. The molecule has 0 aliphatic carbocycles. The number of benzene rings is 1. The number of amides is 1. The molecule has 0 radical (unpaired) electrons. The molecule has 0 aliphatic heterocycles. The fourth-order valence-corrected chi connectivity index (χ4v) is 4.54. The second kappa shape index (κ2) is 9.76. The Hall–Kier alpha value is -4.17. The van der Waals surface area contributed by atoms with Gasteiger partial charge in [-0.1, -0.05) is 6.07 Å². The summed E-state index contributed by atoms with van der Waals surface area (Å²) >= 11 is 1.41. The molecule has 4 rings (SSSR count). The third-order valence-corrected chi connectivity index (χ3v) is 6.25. The van der Waals surface area contributed by atoms with Crippen molar-refractivity contribution in [2.24, 2.45) is 0 Å². The highest BCUT2D eigenvalue weighted by molar-refractivity contribution is 7.10. The van der Waals surface area contributed by atoms with Gasteiger partial charge in [0.05, 0.1) is 29.4 Å². The molecule has 0 fully saturated rings. The summed E-state index contributed by atoms with van der Waals surface area (Å²) in [5, 5.41) is 34.3. The minimum absolute atomic E-state index is 0.0387. The number of pyridine rings is 1. The Morgan fingerprint density at radius 3 is 2.82 bits per heavy atom. The van der Waals surface area contributed by atoms with Crippen molar-refractivity contribution < 1.29 is 14.3 Å². The van der Waals surface area contributed by atoms with E-state index in [2.05, 4.69) is 26.0 Å². The van der Waals surface area contributed by atoms with E-state index in [4.69, 9.17) is 5.11 Å². The summed E-state index contributed by atoms with van der Waals surface area (Å²) < 4.78 is 16.8. The van der Waals surface area contributed by atoms with E-state index in [0.29, 0.717) is 5.69 Å². The van der Waals surface area contributed by atoms with Crippen LogP contribution in [0, 0.1) is 17.1 Å². The number of aromatic nitrogens is 3. The molecule has 4 aromatic rings. The molecule has 2 atom stereocenters. The van der Waals surface area contributed by atoms with Crippen LogP contribution in [0.3, 0.4) is 0 Å². The summed E-state index contributed by atoms with van der Waals surface area (Å²) in [5.74, 6) is -0.637. The van der Waals surface area contributed by atoms with Gasteiger partial charge in [-0.3, -0.25) is 4.68 Å². The SMILES string of the molecule is CCn1ncc2cc(Nc3nc(N[C@H](c4cccs4)[C@H](C)NC(=O)O)c(F)cc3C#N)ccc21. The maximum Gasteiger partial charge on any atom is 0.404 e. The molecule has 34 heavy (non-hydrogen) atoms. The normalized spacial score (nSPS) is 12.6. The van der Waals surface area contributed by atoms with Gasteiger partial charge in [-0.05, 0) is 49.6 Å². The molecular weight excluding hydrogens is 457 g/mol. The lowest BCUT2D eigenvalue weighted by atomic mass is 10.1. The molecule has 3 aromatic heterocycles. The van der Waals surface area contributed by atoms with Crippen LogP contribution in [-0.4, -0.2) is 32.0 Å². The zero-order valence-corrected chi connectivity index (χ0v) is 19.2. The minimum atomic E-state index is -1.19. The van der Waals surface area contributed by atoms with Crippen molar-refractivity contribution in [3.8, 4) is 6.07 Å². The standard InChI is InChI=1S/C23H22FN7O2S/c1-3-31-18-7-6-16(9-15(18)12-26-31)28-21-14(11-25)10-17(24)22(30-21)29-20(13(2)27-23(32)33)19-5-4-8-34-19/h4-10,12-13,20,27H,3H2,1-2H3,(H,32,33)(H2,28,29,30)/t13-,20-/m0/s1. The van der Waals surface area contributed by atoms with Gasteiger partial charge in [-0.25, -0.2) is 14.2 Å². The van der Waals surface area contributed by atoms with Crippen molar-refractivity contribution in [3.05, 3.63) is 64.2 Å². The molecule has 9 nitrogen and oxygen atoms in total. The lowest BCUT2D eigenvalue weighted by molar-refractivity contribution is 0.189. The Kier molecular flexibility index (Phi) is 6.60. The zero-order chi connectivity index (χ0) is 24.2. The van der Waals surface area contributed by atoms with E-state index in [1.807, 2.05) is 53.4 Å². The molecule has 174 valence electrons. The van der Waals surface area contributed by atoms with Gasteiger partial charge < -0.3 is 21.1 Å². The Morgan fingerprint density at radius 1 is 1.32 bits per heavy atom. The number of halogens is 1. The molecule has 1 aromatic carbocycles. The largest absolute Gasteiger partial charge is 0.465 e. The third-order valence-electron chi connectivity index (χ3n) is 5.29. The fourth-order valence-electron chi connectivity index (χ4n) is 3.66. The number of anilines is 3. The van der Waals surface area contributed by atoms with Crippen molar-refractivity contribution in [1.29, 1.82) is 5.26 Å². The first kappa shape index (κ1) is 23.0. The molecule has 0 unspecified atom stereocenters. The molecule has 0 saturated heterocycles. The van der Waals surface area contributed by atoms with Gasteiger partial charge >= 0.3 is 6.09 Å². The summed E-state index contributed by atoms with van der Waals surface area (Å²) in [6.07, 6.45) is 0.566. The molecule has 3 heterocycles. The number of carbonyl (C=O) groups is 1. The van der Waals surface area contributed by atoms with Crippen molar-refractivity contribution >= 4 is 45.7 Å². The lowest BCUT2D eigenvalue weighted by Crippen LogP contribution is -2.39. The Balaban J connectivity index is 1.66. The second-order valence-corrected chi connectivity index (χ2v) is 8.54. The number of aryl methyl sites for hydroxylation is 1. The van der Waals surface area contributed by atoms with Crippen LogP contribution in [0.15, 0.2) is 48.0 Å². The highest BCUT2D eigenvalue weighted by Gasteiger charge is 2.24. The van der Waals surface area contributed by atoms with E-state index in [-0.39, 0.29) is 17.2 Å². The number of hydrogen-bond donors (Lipinski definition) is 4. The number of nitriles is 1. The fraction of sp³-hybridized carbons (Fsp3) is 0.217. The predicted octanol–water partition coefficient (Wildman–Crippen LogP) is 5.08. The van der Waals surface area contributed by atoms with Gasteiger partial charge in [0.1, 0.15) is 6.07 Å². The van der Waals surface area contributed by atoms with Gasteiger partial charge in [0, 0.05) is 22.5 Å². The van der Waals surface area contributed by atoms with Crippen molar-refractivity contribution in [1.82, 2.24) is 20.1 Å². The van der Waals surface area contributed by atoms with Crippen molar-refractivity contribution in [3.63, 3.8) is 0 Å². The molecular formula is C23H22FN7O2S. The van der Waals surface area contributed by atoms with Crippen molar-refractivity contribution in [2.45, 2.75) is 32.5 Å². The monoisotopic (exact) mass is 479 g/mol. The first-order chi connectivity index (χ1) is 16.4. The van der Waals surface area contributed by atoms with Crippen LogP contribution in [0.5, 0.6) is 0 Å². The van der Waals surface area contributed by atoms with Crippen LogP contribution in [0.1, 0.15) is 30.3 Å². The van der Waals surface area contributed by atoms with E-state index in [1.54, 1.807) is 13.1 Å². The number of nitrogens with one attached hydrogen (secondary N) is 3. The number of nitrogens with zero attached hydrogens (tertiary/aromatic N) is 4. The molecule has 0 saturated carbocycles. The van der Waals surface area contributed by atoms with Gasteiger partial charge in [0.15, 0.2) is 17.5 Å². The van der Waals surface area contributed by atoms with Crippen LogP contribution in [-0.2, 0) is 6.54 Å². The van der Waals surface area contributed by atoms with E-state index in [0.717, 1.165) is 28.4 Å². The van der Waals surface area contributed by atoms with E-state index >= 15 is 0 Å².